The zero-order chi connectivity index (χ0) is 14.3. The molecule has 1 aromatic carbocycles. The fourth-order valence-electron chi connectivity index (χ4n) is 1.57. The predicted molar refractivity (Wildman–Crippen MR) is 68.0 cm³/mol. The summed E-state index contributed by atoms with van der Waals surface area (Å²) in [5, 5.41) is 19.6. The van der Waals surface area contributed by atoms with Crippen molar-refractivity contribution in [2.45, 2.75) is 0 Å². The molecule has 0 radical (unpaired) electrons. The van der Waals surface area contributed by atoms with Crippen molar-refractivity contribution in [3.63, 3.8) is 0 Å². The Kier molecular flexibility index (Phi) is 5.91. The molecule has 7 nitrogen and oxygen atoms in total. The number of non-ortho nitro benzene ring substituents is 1. The van der Waals surface area contributed by atoms with Gasteiger partial charge in [0.1, 0.15) is 0 Å². The van der Waals surface area contributed by atoms with Crippen molar-refractivity contribution in [1.29, 1.82) is 0 Å². The van der Waals surface area contributed by atoms with Gasteiger partial charge in [-0.05, 0) is 6.07 Å². The van der Waals surface area contributed by atoms with Gasteiger partial charge < -0.3 is 14.7 Å². The molecular formula is C12H16N2O5. The molecule has 0 aliphatic heterocycles. The van der Waals surface area contributed by atoms with E-state index >= 15 is 0 Å². The van der Waals surface area contributed by atoms with E-state index in [0.29, 0.717) is 13.2 Å². The van der Waals surface area contributed by atoms with Gasteiger partial charge in [0.2, 0.25) is 0 Å². The van der Waals surface area contributed by atoms with Gasteiger partial charge in [-0.15, -0.1) is 0 Å². The second-order valence-corrected chi connectivity index (χ2v) is 3.82. The standard InChI is InChI=1S/C12H16N2O5/c1-19-8-6-13(5-7-15)12(16)10-3-2-4-11(9-10)14(17)18/h2-4,9,15H,5-8H2,1H3. The minimum atomic E-state index is -0.553. The van der Waals surface area contributed by atoms with Crippen LogP contribution in [0.25, 0.3) is 0 Å². The van der Waals surface area contributed by atoms with Crippen molar-refractivity contribution in [3.05, 3.63) is 39.9 Å². The number of hydrogen-bond acceptors (Lipinski definition) is 5. The second kappa shape index (κ2) is 7.45. The van der Waals surface area contributed by atoms with E-state index in [2.05, 4.69) is 0 Å². The molecule has 0 bridgehead atoms. The number of carbonyl (C=O) groups excluding carboxylic acids is 1. The molecule has 0 unspecified atom stereocenters. The van der Waals surface area contributed by atoms with Gasteiger partial charge in [0.25, 0.3) is 11.6 Å². The number of nitro benzene ring substituents is 1. The summed E-state index contributed by atoms with van der Waals surface area (Å²) in [5.74, 6) is -0.366. The lowest BCUT2D eigenvalue weighted by Crippen LogP contribution is -2.36. The van der Waals surface area contributed by atoms with Crippen LogP contribution in [0, 0.1) is 10.1 Å². The van der Waals surface area contributed by atoms with Crippen LogP contribution in [0.5, 0.6) is 0 Å². The number of aliphatic hydroxyl groups excluding tert-OH is 1. The minimum absolute atomic E-state index is 0.137. The summed E-state index contributed by atoms with van der Waals surface area (Å²) in [6, 6.07) is 5.51. The van der Waals surface area contributed by atoms with Gasteiger partial charge >= 0.3 is 0 Å². The number of ether oxygens (including phenoxy) is 1. The molecule has 0 heterocycles. The van der Waals surface area contributed by atoms with E-state index in [1.807, 2.05) is 0 Å². The molecule has 0 aliphatic carbocycles. The van der Waals surface area contributed by atoms with Crippen LogP contribution in [-0.2, 0) is 4.74 Å². The largest absolute Gasteiger partial charge is 0.395 e. The topological polar surface area (TPSA) is 92.9 Å². The quantitative estimate of drug-likeness (QED) is 0.579. The normalized spacial score (nSPS) is 10.2. The summed E-state index contributed by atoms with van der Waals surface area (Å²) in [4.78, 5) is 23.7. The summed E-state index contributed by atoms with van der Waals surface area (Å²) in [6.07, 6.45) is 0. The monoisotopic (exact) mass is 268 g/mol. The molecule has 1 rings (SSSR count). The Labute approximate surface area is 110 Å². The smallest absolute Gasteiger partial charge is 0.270 e. The lowest BCUT2D eigenvalue weighted by Gasteiger charge is -2.21. The third-order valence-corrected chi connectivity index (χ3v) is 2.53. The Morgan fingerprint density at radius 3 is 2.79 bits per heavy atom. The molecule has 0 saturated heterocycles. The first-order valence-corrected chi connectivity index (χ1v) is 5.73. The van der Waals surface area contributed by atoms with Gasteiger partial charge in [-0.25, -0.2) is 0 Å². The van der Waals surface area contributed by atoms with Crippen LogP contribution >= 0.6 is 0 Å². The molecule has 0 fully saturated rings. The molecule has 19 heavy (non-hydrogen) atoms. The Morgan fingerprint density at radius 1 is 1.47 bits per heavy atom. The molecule has 1 aromatic rings. The van der Waals surface area contributed by atoms with E-state index in [9.17, 15) is 14.9 Å². The molecule has 104 valence electrons. The fourth-order valence-corrected chi connectivity index (χ4v) is 1.57. The first-order chi connectivity index (χ1) is 9.10. The maximum Gasteiger partial charge on any atom is 0.270 e. The van der Waals surface area contributed by atoms with Crippen LogP contribution in [0.15, 0.2) is 24.3 Å². The highest BCUT2D eigenvalue weighted by Crippen LogP contribution is 2.14. The van der Waals surface area contributed by atoms with Crippen molar-refractivity contribution in [3.8, 4) is 0 Å². The van der Waals surface area contributed by atoms with Crippen molar-refractivity contribution in [1.82, 2.24) is 4.90 Å². The molecule has 7 heteroatoms. The number of aliphatic hydroxyl groups is 1. The van der Waals surface area contributed by atoms with Crippen LogP contribution in [0.2, 0.25) is 0 Å². The maximum atomic E-state index is 12.2. The molecule has 0 saturated carbocycles. The molecule has 0 spiro atoms. The van der Waals surface area contributed by atoms with Crippen LogP contribution in [-0.4, -0.2) is 54.3 Å². The van der Waals surface area contributed by atoms with E-state index < -0.39 is 4.92 Å². The van der Waals surface area contributed by atoms with Crippen molar-refractivity contribution in [2.75, 3.05) is 33.4 Å². The van der Waals surface area contributed by atoms with Crippen molar-refractivity contribution < 1.29 is 19.6 Å². The molecule has 0 atom stereocenters. The Bertz CT molecular complexity index is 450. The van der Waals surface area contributed by atoms with Gasteiger partial charge in [-0.2, -0.15) is 0 Å². The van der Waals surface area contributed by atoms with Crippen LogP contribution in [0.3, 0.4) is 0 Å². The molecule has 1 N–H and O–H groups in total. The summed E-state index contributed by atoms with van der Waals surface area (Å²) in [5.41, 5.74) is 0.0836. The Morgan fingerprint density at radius 2 is 2.21 bits per heavy atom. The highest BCUT2D eigenvalue weighted by molar-refractivity contribution is 5.94. The first-order valence-electron chi connectivity index (χ1n) is 5.73. The average Bonchev–Trinajstić information content (AvgIpc) is 2.42. The van der Waals surface area contributed by atoms with Crippen LogP contribution in [0.4, 0.5) is 5.69 Å². The zero-order valence-electron chi connectivity index (χ0n) is 10.6. The average molecular weight is 268 g/mol. The third-order valence-electron chi connectivity index (χ3n) is 2.53. The first kappa shape index (κ1) is 15.1. The second-order valence-electron chi connectivity index (χ2n) is 3.82. The lowest BCUT2D eigenvalue weighted by atomic mass is 10.1. The van der Waals surface area contributed by atoms with Crippen LogP contribution < -0.4 is 0 Å². The molecular weight excluding hydrogens is 252 g/mol. The molecule has 0 aliphatic rings. The number of nitro groups is 1. The van der Waals surface area contributed by atoms with Gasteiger partial charge in [0, 0.05) is 37.9 Å². The highest BCUT2D eigenvalue weighted by atomic mass is 16.6. The molecule has 1 amide bonds. The van der Waals surface area contributed by atoms with Crippen molar-refractivity contribution in [2.24, 2.45) is 0 Å². The number of nitrogens with zero attached hydrogens (tertiary/aromatic N) is 2. The van der Waals surface area contributed by atoms with Gasteiger partial charge in [0.15, 0.2) is 0 Å². The summed E-state index contributed by atoms with van der Waals surface area (Å²) < 4.78 is 4.88. The molecule has 0 aromatic heterocycles. The number of amides is 1. The van der Waals surface area contributed by atoms with E-state index in [1.165, 1.54) is 36.3 Å². The summed E-state index contributed by atoms with van der Waals surface area (Å²) >= 11 is 0. The minimum Gasteiger partial charge on any atom is -0.395 e. The van der Waals surface area contributed by atoms with Crippen molar-refractivity contribution >= 4 is 11.6 Å². The number of carbonyl (C=O) groups is 1. The summed E-state index contributed by atoms with van der Waals surface area (Å²) in [7, 11) is 1.51. The fraction of sp³-hybridized carbons (Fsp3) is 0.417. The van der Waals surface area contributed by atoms with Gasteiger partial charge in [-0.1, -0.05) is 6.07 Å². The number of benzene rings is 1. The predicted octanol–water partition coefficient (Wildman–Crippen LogP) is 0.676. The number of rotatable bonds is 7. The van der Waals surface area contributed by atoms with E-state index in [0.717, 1.165) is 0 Å². The van der Waals surface area contributed by atoms with Gasteiger partial charge in [0.05, 0.1) is 18.1 Å². The van der Waals surface area contributed by atoms with E-state index in [4.69, 9.17) is 9.84 Å². The lowest BCUT2D eigenvalue weighted by molar-refractivity contribution is -0.384. The summed E-state index contributed by atoms with van der Waals surface area (Å²) in [6.45, 7) is 0.633. The highest BCUT2D eigenvalue weighted by Gasteiger charge is 2.17. The van der Waals surface area contributed by atoms with Crippen LogP contribution in [0.1, 0.15) is 10.4 Å². The van der Waals surface area contributed by atoms with Gasteiger partial charge in [-0.3, -0.25) is 14.9 Å². The SMILES string of the molecule is COCCN(CCO)C(=O)c1cccc([N+](=O)[O-])c1. The Hall–Kier alpha value is -1.99. The third kappa shape index (κ3) is 4.31. The number of hydrogen-bond donors (Lipinski definition) is 1. The van der Waals surface area contributed by atoms with E-state index in [1.54, 1.807) is 0 Å². The zero-order valence-corrected chi connectivity index (χ0v) is 10.6. The Balaban J connectivity index is 2.88. The maximum absolute atomic E-state index is 12.2. The number of methoxy groups -OCH3 is 1. The van der Waals surface area contributed by atoms with E-state index in [-0.39, 0.29) is 30.3 Å².